The van der Waals surface area contributed by atoms with Gasteiger partial charge in [-0.05, 0) is 57.7 Å². The average molecular weight is 391 g/mol. The fraction of sp³-hybridized carbons (Fsp3) is 0.143. The molecule has 0 amide bonds. The van der Waals surface area contributed by atoms with Crippen LogP contribution in [0.4, 0.5) is 0 Å². The predicted octanol–water partition coefficient (Wildman–Crippen LogP) is 6.41. The van der Waals surface area contributed by atoms with Crippen molar-refractivity contribution in [2.24, 2.45) is 0 Å². The number of nitriles is 1. The molecule has 0 aliphatic rings. The van der Waals surface area contributed by atoms with E-state index in [0.717, 1.165) is 37.7 Å². The van der Waals surface area contributed by atoms with Crippen LogP contribution in [0.25, 0.3) is 33.2 Å². The molecule has 0 fully saturated rings. The van der Waals surface area contributed by atoms with Crippen LogP contribution in [0, 0.1) is 11.3 Å². The second kappa shape index (κ2) is 6.02. The second-order valence-corrected chi connectivity index (χ2v) is 7.21. The average Bonchev–Trinajstić information content (AvgIpc) is 2.99. The van der Waals surface area contributed by atoms with Crippen molar-refractivity contribution in [1.82, 2.24) is 4.98 Å². The van der Waals surface area contributed by atoms with Crippen LogP contribution in [-0.4, -0.2) is 4.98 Å². The number of benzene rings is 2. The molecule has 0 bridgehead atoms. The van der Waals surface area contributed by atoms with Gasteiger partial charge in [-0.15, -0.1) is 0 Å². The highest BCUT2D eigenvalue weighted by atomic mass is 79.9. The van der Waals surface area contributed by atoms with E-state index in [4.69, 9.17) is 9.68 Å². The summed E-state index contributed by atoms with van der Waals surface area (Å²) in [5.41, 5.74) is 5.18. The minimum Gasteiger partial charge on any atom is -0.455 e. The lowest BCUT2D eigenvalue weighted by molar-refractivity contribution is 0.669. The first-order valence-corrected chi connectivity index (χ1v) is 8.89. The van der Waals surface area contributed by atoms with Gasteiger partial charge < -0.3 is 4.42 Å². The number of pyridine rings is 1. The Morgan fingerprint density at radius 2 is 1.96 bits per heavy atom. The summed E-state index contributed by atoms with van der Waals surface area (Å²) in [7, 11) is 0. The molecule has 0 N–H and O–H groups in total. The lowest BCUT2D eigenvalue weighted by Gasteiger charge is -2.10. The van der Waals surface area contributed by atoms with Gasteiger partial charge in [0.05, 0.1) is 17.3 Å². The Morgan fingerprint density at radius 3 is 2.72 bits per heavy atom. The summed E-state index contributed by atoms with van der Waals surface area (Å²) in [4.78, 5) is 4.59. The Kier molecular flexibility index (Phi) is 3.82. The molecule has 4 rings (SSSR count). The summed E-state index contributed by atoms with van der Waals surface area (Å²) in [6.07, 6.45) is 1.85. The molecule has 0 saturated heterocycles. The first-order valence-electron chi connectivity index (χ1n) is 8.09. The van der Waals surface area contributed by atoms with E-state index in [1.165, 1.54) is 5.56 Å². The van der Waals surface area contributed by atoms with Crippen LogP contribution in [0.5, 0.6) is 0 Å². The molecule has 25 heavy (non-hydrogen) atoms. The summed E-state index contributed by atoms with van der Waals surface area (Å²) in [5, 5.41) is 11.2. The highest BCUT2D eigenvalue weighted by Crippen LogP contribution is 2.36. The molecular weight excluding hydrogens is 376 g/mol. The highest BCUT2D eigenvalue weighted by molar-refractivity contribution is 9.10. The number of furan rings is 1. The number of halogens is 1. The SMILES string of the molecule is CC(C)c1cc(-c2cccc3c2oc2cc(C#N)ccc23)ncc1Br. The molecule has 2 aromatic carbocycles. The number of fused-ring (bicyclic) bond motifs is 3. The van der Waals surface area contributed by atoms with Crippen molar-refractivity contribution in [3.8, 4) is 17.3 Å². The van der Waals surface area contributed by atoms with E-state index < -0.39 is 0 Å². The summed E-state index contributed by atoms with van der Waals surface area (Å²) in [5.74, 6) is 0.393. The lowest BCUT2D eigenvalue weighted by atomic mass is 10.0. The standard InChI is InChI=1S/C21H15BrN2O/c1-12(2)17-9-19(24-11-18(17)22)16-5-3-4-15-14-7-6-13(10-23)8-20(14)25-21(15)16/h3-9,11-12H,1-2H3. The first-order chi connectivity index (χ1) is 12.1. The van der Waals surface area contributed by atoms with E-state index in [1.54, 1.807) is 6.07 Å². The molecule has 0 unspecified atom stereocenters. The Hall–Kier alpha value is -2.64. The Labute approximate surface area is 154 Å². The van der Waals surface area contributed by atoms with Crippen molar-refractivity contribution in [2.75, 3.05) is 0 Å². The summed E-state index contributed by atoms with van der Waals surface area (Å²) in [6.45, 7) is 4.32. The topological polar surface area (TPSA) is 49.8 Å². The van der Waals surface area contributed by atoms with E-state index in [-0.39, 0.29) is 0 Å². The first kappa shape index (κ1) is 15.9. The van der Waals surface area contributed by atoms with Gasteiger partial charge in [-0.2, -0.15) is 5.26 Å². The zero-order valence-corrected chi connectivity index (χ0v) is 15.5. The van der Waals surface area contributed by atoms with E-state index in [2.05, 4.69) is 46.9 Å². The summed E-state index contributed by atoms with van der Waals surface area (Å²) >= 11 is 3.58. The normalized spacial score (nSPS) is 11.3. The second-order valence-electron chi connectivity index (χ2n) is 6.35. The van der Waals surface area contributed by atoms with E-state index in [9.17, 15) is 0 Å². The maximum atomic E-state index is 9.11. The molecular formula is C21H15BrN2O. The van der Waals surface area contributed by atoms with Crippen LogP contribution in [0.15, 0.2) is 57.6 Å². The van der Waals surface area contributed by atoms with Gasteiger partial charge in [-0.1, -0.05) is 26.0 Å². The number of hydrogen-bond donors (Lipinski definition) is 0. The maximum absolute atomic E-state index is 9.11. The van der Waals surface area contributed by atoms with Gasteiger partial charge in [0.15, 0.2) is 0 Å². The third kappa shape index (κ3) is 2.61. The van der Waals surface area contributed by atoms with Gasteiger partial charge in [0.1, 0.15) is 11.2 Å². The van der Waals surface area contributed by atoms with Gasteiger partial charge in [-0.25, -0.2) is 0 Å². The number of rotatable bonds is 2. The summed E-state index contributed by atoms with van der Waals surface area (Å²) < 4.78 is 7.12. The fourth-order valence-electron chi connectivity index (χ4n) is 3.11. The van der Waals surface area contributed by atoms with Crippen molar-refractivity contribution in [3.63, 3.8) is 0 Å². The molecule has 0 spiro atoms. The zero-order chi connectivity index (χ0) is 17.6. The Bertz CT molecular complexity index is 1150. The largest absolute Gasteiger partial charge is 0.455 e. The highest BCUT2D eigenvalue weighted by Gasteiger charge is 2.15. The number of aromatic nitrogens is 1. The zero-order valence-electron chi connectivity index (χ0n) is 13.9. The molecule has 122 valence electrons. The fourth-order valence-corrected chi connectivity index (χ4v) is 3.79. The van der Waals surface area contributed by atoms with Gasteiger partial charge in [0.2, 0.25) is 0 Å². The maximum Gasteiger partial charge on any atom is 0.144 e. The molecule has 0 atom stereocenters. The van der Waals surface area contributed by atoms with Crippen molar-refractivity contribution >= 4 is 37.9 Å². The quantitative estimate of drug-likeness (QED) is 0.397. The molecule has 0 aliphatic carbocycles. The third-order valence-corrected chi connectivity index (χ3v) is 5.07. The van der Waals surface area contributed by atoms with E-state index in [0.29, 0.717) is 11.5 Å². The molecule has 3 nitrogen and oxygen atoms in total. The lowest BCUT2D eigenvalue weighted by Crippen LogP contribution is -1.93. The van der Waals surface area contributed by atoms with Crippen LogP contribution in [0.2, 0.25) is 0 Å². The van der Waals surface area contributed by atoms with Crippen LogP contribution in [0.1, 0.15) is 30.9 Å². The van der Waals surface area contributed by atoms with Crippen LogP contribution < -0.4 is 0 Å². The number of nitrogens with zero attached hydrogens (tertiary/aromatic N) is 2. The Morgan fingerprint density at radius 1 is 1.12 bits per heavy atom. The van der Waals surface area contributed by atoms with Crippen LogP contribution in [0.3, 0.4) is 0 Å². The number of para-hydroxylation sites is 1. The van der Waals surface area contributed by atoms with Crippen molar-refractivity contribution in [1.29, 1.82) is 5.26 Å². The van der Waals surface area contributed by atoms with Gasteiger partial charge in [0.25, 0.3) is 0 Å². The van der Waals surface area contributed by atoms with Gasteiger partial charge in [0, 0.05) is 27.0 Å². The number of hydrogen-bond acceptors (Lipinski definition) is 3. The van der Waals surface area contributed by atoms with E-state index >= 15 is 0 Å². The van der Waals surface area contributed by atoms with Gasteiger partial charge in [-0.3, -0.25) is 4.98 Å². The molecule has 4 aromatic rings. The molecule has 4 heteroatoms. The van der Waals surface area contributed by atoms with E-state index in [1.807, 2.05) is 36.5 Å². The van der Waals surface area contributed by atoms with Crippen LogP contribution >= 0.6 is 15.9 Å². The third-order valence-electron chi connectivity index (χ3n) is 4.41. The monoisotopic (exact) mass is 390 g/mol. The van der Waals surface area contributed by atoms with Crippen molar-refractivity contribution in [3.05, 3.63) is 64.3 Å². The molecule has 2 aromatic heterocycles. The summed E-state index contributed by atoms with van der Waals surface area (Å²) in [6, 6.07) is 15.9. The molecule has 2 heterocycles. The molecule has 0 radical (unpaired) electrons. The minimum atomic E-state index is 0.393. The van der Waals surface area contributed by atoms with Crippen LogP contribution in [-0.2, 0) is 0 Å². The molecule has 0 saturated carbocycles. The smallest absolute Gasteiger partial charge is 0.144 e. The van der Waals surface area contributed by atoms with Crippen molar-refractivity contribution in [2.45, 2.75) is 19.8 Å². The predicted molar refractivity (Wildman–Crippen MR) is 103 cm³/mol. The van der Waals surface area contributed by atoms with Gasteiger partial charge >= 0.3 is 0 Å². The minimum absolute atomic E-state index is 0.393. The van der Waals surface area contributed by atoms with Crippen molar-refractivity contribution < 1.29 is 4.42 Å². The molecule has 0 aliphatic heterocycles. The Balaban J connectivity index is 2.00.